The fourth-order valence-electron chi connectivity index (χ4n) is 2.46. The quantitative estimate of drug-likeness (QED) is 0.708. The molecule has 2 aliphatic heterocycles. The molecule has 2 heterocycles. The molecule has 0 aromatic heterocycles. The smallest absolute Gasteiger partial charge is 0.142 e. The van der Waals surface area contributed by atoms with Gasteiger partial charge < -0.3 is 9.47 Å². The van der Waals surface area contributed by atoms with Crippen LogP contribution in [0, 0.1) is 6.92 Å². The summed E-state index contributed by atoms with van der Waals surface area (Å²) in [7, 11) is 2.12. The number of fused-ring (bicyclic) bond motifs is 1. The molecule has 1 saturated heterocycles. The Morgan fingerprint density at radius 3 is 2.71 bits per heavy atom. The molecule has 0 aliphatic carbocycles. The number of halogens is 1. The summed E-state index contributed by atoms with van der Waals surface area (Å²) in [5.74, 6) is 0.841. The lowest BCUT2D eigenvalue weighted by Gasteiger charge is -2.46. The third-order valence-electron chi connectivity index (χ3n) is 3.71. The van der Waals surface area contributed by atoms with Crippen LogP contribution in [0.25, 0.3) is 0 Å². The van der Waals surface area contributed by atoms with E-state index in [2.05, 4.69) is 24.9 Å². The summed E-state index contributed by atoms with van der Waals surface area (Å²) < 4.78 is 11.2. The minimum Gasteiger partial charge on any atom is -0.490 e. The zero-order valence-electron chi connectivity index (χ0n) is 10.1. The highest BCUT2D eigenvalue weighted by atomic mass is 35.5. The van der Waals surface area contributed by atoms with Crippen molar-refractivity contribution in [1.82, 2.24) is 4.90 Å². The van der Waals surface area contributed by atoms with Gasteiger partial charge in [0.2, 0.25) is 0 Å². The zero-order valence-corrected chi connectivity index (χ0v) is 10.9. The van der Waals surface area contributed by atoms with Gasteiger partial charge in [-0.25, -0.2) is 0 Å². The molecule has 0 atom stereocenters. The van der Waals surface area contributed by atoms with Gasteiger partial charge in [0, 0.05) is 12.1 Å². The summed E-state index contributed by atoms with van der Waals surface area (Å²) in [4.78, 5) is 2.32. The van der Waals surface area contributed by atoms with Gasteiger partial charge in [-0.05, 0) is 25.6 Å². The van der Waals surface area contributed by atoms with Crippen LogP contribution in [0.2, 0.25) is 5.02 Å². The van der Waals surface area contributed by atoms with E-state index < -0.39 is 0 Å². The molecule has 17 heavy (non-hydrogen) atoms. The van der Waals surface area contributed by atoms with E-state index in [9.17, 15) is 0 Å². The topological polar surface area (TPSA) is 21.7 Å². The van der Waals surface area contributed by atoms with Crippen molar-refractivity contribution in [3.8, 4) is 5.75 Å². The van der Waals surface area contributed by atoms with Crippen molar-refractivity contribution in [3.05, 3.63) is 28.3 Å². The standard InChI is InChI=1S/C13H16ClNO2/c1-9-3-10-5-15(2)13(6-16-7-13)8-17-12(10)11(14)4-9/h3-4H,5-8H2,1-2H3. The van der Waals surface area contributed by atoms with Crippen LogP contribution < -0.4 is 4.74 Å². The van der Waals surface area contributed by atoms with Gasteiger partial charge in [0.15, 0.2) is 0 Å². The first-order valence-corrected chi connectivity index (χ1v) is 6.19. The van der Waals surface area contributed by atoms with E-state index in [4.69, 9.17) is 21.1 Å². The highest BCUT2D eigenvalue weighted by Crippen LogP contribution is 2.37. The van der Waals surface area contributed by atoms with Gasteiger partial charge in [0.05, 0.1) is 18.2 Å². The first-order valence-electron chi connectivity index (χ1n) is 5.82. The average Bonchev–Trinajstić information content (AvgIpc) is 2.32. The van der Waals surface area contributed by atoms with Crippen LogP contribution in [-0.2, 0) is 11.3 Å². The molecule has 1 aromatic carbocycles. The third-order valence-corrected chi connectivity index (χ3v) is 3.99. The maximum atomic E-state index is 6.25. The molecule has 3 nitrogen and oxygen atoms in total. The van der Waals surface area contributed by atoms with Gasteiger partial charge in [-0.1, -0.05) is 17.7 Å². The van der Waals surface area contributed by atoms with Crippen LogP contribution in [0.5, 0.6) is 5.75 Å². The molecular formula is C13H16ClNO2. The minimum absolute atomic E-state index is 0.0380. The average molecular weight is 254 g/mol. The molecule has 0 N–H and O–H groups in total. The Bertz CT molecular complexity index is 457. The molecule has 0 saturated carbocycles. The van der Waals surface area contributed by atoms with Crippen LogP contribution in [0.15, 0.2) is 12.1 Å². The highest BCUT2D eigenvalue weighted by molar-refractivity contribution is 6.32. The molecule has 1 fully saturated rings. The molecule has 2 aliphatic rings. The molecule has 0 unspecified atom stereocenters. The Labute approximate surface area is 106 Å². The molecule has 0 radical (unpaired) electrons. The second-order valence-electron chi connectivity index (χ2n) is 5.10. The fraction of sp³-hybridized carbons (Fsp3) is 0.538. The monoisotopic (exact) mass is 253 g/mol. The van der Waals surface area contributed by atoms with E-state index in [1.54, 1.807) is 0 Å². The summed E-state index contributed by atoms with van der Waals surface area (Å²) in [5.41, 5.74) is 2.38. The van der Waals surface area contributed by atoms with Gasteiger partial charge in [-0.15, -0.1) is 0 Å². The Kier molecular flexibility index (Phi) is 2.58. The summed E-state index contributed by atoms with van der Waals surface area (Å²) in [6.07, 6.45) is 0. The molecule has 4 heteroatoms. The van der Waals surface area contributed by atoms with E-state index >= 15 is 0 Å². The van der Waals surface area contributed by atoms with Crippen LogP contribution in [0.1, 0.15) is 11.1 Å². The number of ether oxygens (including phenoxy) is 2. The molecule has 1 spiro atoms. The van der Waals surface area contributed by atoms with E-state index in [0.29, 0.717) is 11.6 Å². The molecule has 3 rings (SSSR count). The van der Waals surface area contributed by atoms with Crippen LogP contribution in [0.4, 0.5) is 0 Å². The first kappa shape index (κ1) is 11.3. The van der Waals surface area contributed by atoms with E-state index in [0.717, 1.165) is 25.5 Å². The maximum Gasteiger partial charge on any atom is 0.142 e. The number of hydrogen-bond acceptors (Lipinski definition) is 3. The molecule has 0 bridgehead atoms. The second kappa shape index (κ2) is 3.87. The van der Waals surface area contributed by atoms with Crippen molar-refractivity contribution in [2.75, 3.05) is 26.9 Å². The Hall–Kier alpha value is -0.770. The van der Waals surface area contributed by atoms with Crippen molar-refractivity contribution < 1.29 is 9.47 Å². The Morgan fingerprint density at radius 2 is 2.06 bits per heavy atom. The van der Waals surface area contributed by atoms with Crippen molar-refractivity contribution in [1.29, 1.82) is 0 Å². The lowest BCUT2D eigenvalue weighted by Crippen LogP contribution is -2.63. The summed E-state index contributed by atoms with van der Waals surface area (Å²) in [5, 5.41) is 0.714. The van der Waals surface area contributed by atoms with Crippen LogP contribution in [0.3, 0.4) is 0 Å². The second-order valence-corrected chi connectivity index (χ2v) is 5.50. The van der Waals surface area contributed by atoms with Gasteiger partial charge in [0.25, 0.3) is 0 Å². The third kappa shape index (κ3) is 1.73. The summed E-state index contributed by atoms with van der Waals surface area (Å²) in [6, 6.07) is 4.10. The first-order chi connectivity index (χ1) is 8.11. The molecular weight excluding hydrogens is 238 g/mol. The Morgan fingerprint density at radius 1 is 1.29 bits per heavy atom. The fourth-order valence-corrected chi connectivity index (χ4v) is 2.81. The predicted molar refractivity (Wildman–Crippen MR) is 66.7 cm³/mol. The minimum atomic E-state index is 0.0380. The highest BCUT2D eigenvalue weighted by Gasteiger charge is 2.45. The van der Waals surface area contributed by atoms with Gasteiger partial charge >= 0.3 is 0 Å². The Balaban J connectivity index is 1.99. The SMILES string of the molecule is Cc1cc(Cl)c2c(c1)CN(C)C1(COC1)CO2. The van der Waals surface area contributed by atoms with Gasteiger partial charge in [-0.2, -0.15) is 0 Å². The van der Waals surface area contributed by atoms with Crippen molar-refractivity contribution in [3.63, 3.8) is 0 Å². The van der Waals surface area contributed by atoms with Crippen molar-refractivity contribution >= 4 is 11.6 Å². The van der Waals surface area contributed by atoms with Crippen molar-refractivity contribution in [2.45, 2.75) is 19.0 Å². The van der Waals surface area contributed by atoms with Crippen LogP contribution in [-0.4, -0.2) is 37.3 Å². The number of aryl methyl sites for hydroxylation is 1. The zero-order chi connectivity index (χ0) is 12.0. The van der Waals surface area contributed by atoms with E-state index in [1.807, 2.05) is 6.07 Å². The summed E-state index contributed by atoms with van der Waals surface area (Å²) >= 11 is 6.25. The predicted octanol–water partition coefficient (Wildman–Crippen LogP) is 2.24. The number of hydrogen-bond donors (Lipinski definition) is 0. The number of likely N-dealkylation sites (N-methyl/N-ethyl adjacent to an activating group) is 1. The largest absolute Gasteiger partial charge is 0.490 e. The summed E-state index contributed by atoms with van der Waals surface area (Å²) in [6.45, 7) is 5.06. The lowest BCUT2D eigenvalue weighted by atomic mass is 9.96. The molecule has 1 aromatic rings. The van der Waals surface area contributed by atoms with Gasteiger partial charge in [-0.3, -0.25) is 4.90 Å². The number of nitrogens with zero attached hydrogens (tertiary/aromatic N) is 1. The van der Waals surface area contributed by atoms with Crippen molar-refractivity contribution in [2.24, 2.45) is 0 Å². The molecule has 0 amide bonds. The van der Waals surface area contributed by atoms with E-state index in [1.165, 1.54) is 11.1 Å². The number of benzene rings is 1. The lowest BCUT2D eigenvalue weighted by molar-refractivity contribution is -0.147. The number of rotatable bonds is 0. The molecule has 92 valence electrons. The van der Waals surface area contributed by atoms with Gasteiger partial charge in [0.1, 0.15) is 17.9 Å². The van der Waals surface area contributed by atoms with E-state index in [-0.39, 0.29) is 5.54 Å². The normalized spacial score (nSPS) is 22.5. The van der Waals surface area contributed by atoms with Crippen LogP contribution >= 0.6 is 11.6 Å². The maximum absolute atomic E-state index is 6.25.